The smallest absolute Gasteiger partial charge is 0.354 e. The molecular weight excluding hydrogens is 178 g/mol. The number of carbonyl (C=O) groups excluding carboxylic acids is 1. The first-order valence-corrected chi connectivity index (χ1v) is 5.18. The van der Waals surface area contributed by atoms with Crippen molar-refractivity contribution in [3.63, 3.8) is 0 Å². The van der Waals surface area contributed by atoms with Crippen molar-refractivity contribution in [2.24, 2.45) is 5.92 Å². The fourth-order valence-electron chi connectivity index (χ4n) is 2.45. The molecule has 1 unspecified atom stereocenters. The van der Waals surface area contributed by atoms with Crippen molar-refractivity contribution in [2.75, 3.05) is 6.61 Å². The van der Waals surface area contributed by atoms with Crippen molar-refractivity contribution in [1.82, 2.24) is 4.98 Å². The lowest BCUT2D eigenvalue weighted by molar-refractivity contribution is 0.0520. The van der Waals surface area contributed by atoms with Gasteiger partial charge in [-0.3, -0.25) is 0 Å². The number of fused-ring (bicyclic) bond motifs is 3. The molecule has 3 nitrogen and oxygen atoms in total. The standard InChI is InChI=1S/C11H13NO2.2H2/c1-2-14-11(13)10-5-8-7-3-6(7)4-9(8)12-10;;/h5-7,12H,2-4H2,1H3;2*1H/t6-,7?;;/m0../s1. The zero-order valence-corrected chi connectivity index (χ0v) is 8.17. The molecule has 2 aliphatic rings. The topological polar surface area (TPSA) is 42.1 Å². The van der Waals surface area contributed by atoms with Gasteiger partial charge >= 0.3 is 5.97 Å². The number of nitrogens with one attached hydrogen (secondary N) is 1. The third kappa shape index (κ3) is 1.01. The van der Waals surface area contributed by atoms with E-state index in [1.165, 1.54) is 17.7 Å². The molecule has 1 N–H and O–H groups in total. The lowest BCUT2D eigenvalue weighted by Gasteiger charge is -1.98. The van der Waals surface area contributed by atoms with E-state index in [4.69, 9.17) is 4.74 Å². The van der Waals surface area contributed by atoms with Crippen LogP contribution in [-0.2, 0) is 11.2 Å². The van der Waals surface area contributed by atoms with Crippen molar-refractivity contribution in [3.8, 4) is 0 Å². The Hall–Kier alpha value is -1.25. The number of aromatic nitrogens is 1. The summed E-state index contributed by atoms with van der Waals surface area (Å²) in [5, 5.41) is 0. The minimum Gasteiger partial charge on any atom is -0.461 e. The average Bonchev–Trinajstić information content (AvgIpc) is 2.67. The van der Waals surface area contributed by atoms with Crippen LogP contribution in [0.1, 0.15) is 43.9 Å². The summed E-state index contributed by atoms with van der Waals surface area (Å²) in [6.07, 6.45) is 2.44. The molecule has 1 fully saturated rings. The zero-order valence-electron chi connectivity index (χ0n) is 8.17. The van der Waals surface area contributed by atoms with Crippen LogP contribution in [0, 0.1) is 5.92 Å². The summed E-state index contributed by atoms with van der Waals surface area (Å²) in [5.74, 6) is 1.39. The van der Waals surface area contributed by atoms with Crippen molar-refractivity contribution >= 4 is 5.97 Å². The molecule has 1 aromatic heterocycles. The monoisotopic (exact) mass is 195 g/mol. The molecule has 2 atom stereocenters. The van der Waals surface area contributed by atoms with Gasteiger partial charge in [0.05, 0.1) is 6.61 Å². The number of aromatic amines is 1. The first kappa shape index (κ1) is 8.09. The van der Waals surface area contributed by atoms with Crippen LogP contribution >= 0.6 is 0 Å². The Kier molecular flexibility index (Phi) is 1.52. The minimum absolute atomic E-state index is 0. The molecule has 0 aromatic carbocycles. The highest BCUT2D eigenvalue weighted by Gasteiger charge is 2.46. The van der Waals surface area contributed by atoms with Crippen LogP contribution in [0.15, 0.2) is 6.07 Å². The van der Waals surface area contributed by atoms with E-state index in [-0.39, 0.29) is 8.82 Å². The van der Waals surface area contributed by atoms with Gasteiger partial charge in [-0.05, 0) is 43.2 Å². The van der Waals surface area contributed by atoms with Gasteiger partial charge in [0, 0.05) is 8.55 Å². The van der Waals surface area contributed by atoms with E-state index in [1.807, 2.05) is 13.0 Å². The summed E-state index contributed by atoms with van der Waals surface area (Å²) in [7, 11) is 0. The van der Waals surface area contributed by atoms with E-state index in [9.17, 15) is 4.79 Å². The zero-order chi connectivity index (χ0) is 9.71. The molecule has 2 aliphatic carbocycles. The molecule has 0 saturated heterocycles. The molecule has 0 amide bonds. The summed E-state index contributed by atoms with van der Waals surface area (Å²) < 4.78 is 4.94. The van der Waals surface area contributed by atoms with Crippen molar-refractivity contribution in [1.29, 1.82) is 0 Å². The van der Waals surface area contributed by atoms with E-state index in [0.717, 1.165) is 18.3 Å². The Morgan fingerprint density at radius 2 is 2.64 bits per heavy atom. The molecule has 0 bridgehead atoms. The molecule has 14 heavy (non-hydrogen) atoms. The molecule has 78 valence electrons. The SMILES string of the molecule is CCOC(=O)c1cc2c([nH]1)C[C@@H]1CC21.[HH].[HH]. The third-order valence-corrected chi connectivity index (χ3v) is 3.22. The number of rotatable bonds is 2. The molecular formula is C11H17NO2. The quantitative estimate of drug-likeness (QED) is 0.736. The number of ether oxygens (including phenoxy) is 1. The van der Waals surface area contributed by atoms with Crippen LogP contribution in [0.2, 0.25) is 0 Å². The van der Waals surface area contributed by atoms with Gasteiger partial charge in [-0.15, -0.1) is 0 Å². The predicted octanol–water partition coefficient (Wildman–Crippen LogP) is 2.34. The fourth-order valence-corrected chi connectivity index (χ4v) is 2.45. The van der Waals surface area contributed by atoms with Gasteiger partial charge in [0.25, 0.3) is 0 Å². The Balaban J connectivity index is 0.000000640. The highest BCUT2D eigenvalue weighted by Crippen LogP contribution is 2.56. The largest absolute Gasteiger partial charge is 0.461 e. The summed E-state index contributed by atoms with van der Waals surface area (Å²) >= 11 is 0. The summed E-state index contributed by atoms with van der Waals surface area (Å²) in [5.41, 5.74) is 3.24. The maximum Gasteiger partial charge on any atom is 0.354 e. The van der Waals surface area contributed by atoms with Crippen LogP contribution in [0.5, 0.6) is 0 Å². The van der Waals surface area contributed by atoms with Crippen molar-refractivity contribution < 1.29 is 12.4 Å². The summed E-state index contributed by atoms with van der Waals surface area (Å²) in [4.78, 5) is 14.6. The van der Waals surface area contributed by atoms with E-state index in [0.29, 0.717) is 12.3 Å². The Bertz CT molecular complexity index is 403. The van der Waals surface area contributed by atoms with Gasteiger partial charge in [0.1, 0.15) is 5.69 Å². The van der Waals surface area contributed by atoms with E-state index < -0.39 is 0 Å². The second kappa shape index (κ2) is 2.62. The fraction of sp³-hybridized carbons (Fsp3) is 0.545. The third-order valence-electron chi connectivity index (χ3n) is 3.22. The minimum atomic E-state index is -0.223. The maximum absolute atomic E-state index is 11.4. The van der Waals surface area contributed by atoms with Gasteiger partial charge in [-0.2, -0.15) is 0 Å². The van der Waals surface area contributed by atoms with Crippen LogP contribution < -0.4 is 0 Å². The van der Waals surface area contributed by atoms with Crippen molar-refractivity contribution in [3.05, 3.63) is 23.0 Å². The lowest BCUT2D eigenvalue weighted by Crippen LogP contribution is -2.05. The number of hydrogen-bond donors (Lipinski definition) is 1. The molecule has 3 rings (SSSR count). The summed E-state index contributed by atoms with van der Waals surface area (Å²) in [6.45, 7) is 2.26. The highest BCUT2D eigenvalue weighted by molar-refractivity contribution is 5.88. The van der Waals surface area contributed by atoms with Crippen molar-refractivity contribution in [2.45, 2.75) is 25.7 Å². The second-order valence-electron chi connectivity index (χ2n) is 4.14. The van der Waals surface area contributed by atoms with E-state index in [2.05, 4.69) is 4.98 Å². The predicted molar refractivity (Wildman–Crippen MR) is 55.5 cm³/mol. The Morgan fingerprint density at radius 3 is 3.36 bits per heavy atom. The lowest BCUT2D eigenvalue weighted by atomic mass is 10.2. The molecule has 1 aromatic rings. The molecule has 1 saturated carbocycles. The molecule has 0 spiro atoms. The van der Waals surface area contributed by atoms with Gasteiger partial charge < -0.3 is 9.72 Å². The van der Waals surface area contributed by atoms with E-state index in [1.54, 1.807) is 0 Å². The maximum atomic E-state index is 11.4. The first-order chi connectivity index (χ1) is 6.79. The number of esters is 1. The molecule has 0 aliphatic heterocycles. The summed E-state index contributed by atoms with van der Waals surface area (Å²) in [6, 6.07) is 1.98. The van der Waals surface area contributed by atoms with Gasteiger partial charge in [0.15, 0.2) is 0 Å². The van der Waals surface area contributed by atoms with Crippen LogP contribution in [0.3, 0.4) is 0 Å². The molecule has 0 radical (unpaired) electrons. The number of hydrogen-bond acceptors (Lipinski definition) is 2. The average molecular weight is 195 g/mol. The van der Waals surface area contributed by atoms with Gasteiger partial charge in [0.2, 0.25) is 0 Å². The molecule has 1 heterocycles. The van der Waals surface area contributed by atoms with Gasteiger partial charge in [-0.1, -0.05) is 0 Å². The number of H-pyrrole nitrogens is 1. The Labute approximate surface area is 85.4 Å². The number of carbonyl (C=O) groups is 1. The van der Waals surface area contributed by atoms with Gasteiger partial charge in [-0.25, -0.2) is 4.79 Å². The normalized spacial score (nSPS) is 26.9. The Morgan fingerprint density at radius 1 is 1.79 bits per heavy atom. The van der Waals surface area contributed by atoms with E-state index >= 15 is 0 Å². The van der Waals surface area contributed by atoms with Crippen LogP contribution in [0.25, 0.3) is 0 Å². The molecule has 3 heteroatoms. The first-order valence-electron chi connectivity index (χ1n) is 5.18. The van der Waals surface area contributed by atoms with Crippen LogP contribution in [0.4, 0.5) is 0 Å². The highest BCUT2D eigenvalue weighted by atomic mass is 16.5. The van der Waals surface area contributed by atoms with Crippen LogP contribution in [-0.4, -0.2) is 17.6 Å². The second-order valence-corrected chi connectivity index (χ2v) is 4.14.